The molecule has 9 atom stereocenters. The first-order valence-electron chi connectivity index (χ1n) is 26.5. The number of hydrogen-bond donors (Lipinski definition) is 0. The minimum Gasteiger partial charge on any atom is -0.462 e. The largest absolute Gasteiger partial charge is 0.462 e. The summed E-state index contributed by atoms with van der Waals surface area (Å²) in [6, 6.07) is 0. The standard InChI is InChI=1S/C16H26O4.C15H24O2.C12H20O2.C11H20O2/c1-4-16(2,3)15(18)20-8-7-19-14(17)13-10-11-5-6-12(13)9-11;1-3-10(2)14(16)17-15-7-11-4-12(8-15)6-13(5-11)9-15;1-3-8(2)12(13)14-11-7-9-4-5-10(11)6-9;1-3-9(2)11(12)13-10-7-5-4-6-8-10/h11-13H,4-10H2,1-3H3;10-13H,3-9H2,1-2H3;8-11H,3-7H2,1-2H3;9-10H,3-8H2,1-2H3. The summed E-state index contributed by atoms with van der Waals surface area (Å²) in [5, 5.41) is 0. The van der Waals surface area contributed by atoms with Crippen LogP contribution in [0.5, 0.6) is 0 Å². The molecule has 9 fully saturated rings. The lowest BCUT2D eigenvalue weighted by molar-refractivity contribution is -0.190. The minimum atomic E-state index is -0.464. The van der Waals surface area contributed by atoms with Crippen LogP contribution in [0.3, 0.4) is 0 Å². The Kier molecular flexibility index (Phi) is 19.9. The Morgan fingerprint density at radius 1 is 0.547 bits per heavy atom. The van der Waals surface area contributed by atoms with Gasteiger partial charge in [-0.1, -0.05) is 61.3 Å². The van der Waals surface area contributed by atoms with Crippen LogP contribution in [0, 0.1) is 70.5 Å². The zero-order valence-electron chi connectivity index (χ0n) is 41.8. The number of fused-ring (bicyclic) bond motifs is 4. The van der Waals surface area contributed by atoms with Crippen molar-refractivity contribution >= 4 is 29.8 Å². The van der Waals surface area contributed by atoms with Crippen molar-refractivity contribution in [2.75, 3.05) is 13.2 Å². The lowest BCUT2D eigenvalue weighted by Gasteiger charge is -2.55. The third kappa shape index (κ3) is 14.7. The molecule has 9 aliphatic rings. The van der Waals surface area contributed by atoms with E-state index in [-0.39, 0.29) is 84.5 Å². The molecule has 8 bridgehead atoms. The van der Waals surface area contributed by atoms with Crippen molar-refractivity contribution < 1.29 is 47.7 Å². The van der Waals surface area contributed by atoms with Crippen LogP contribution >= 0.6 is 0 Å². The molecule has 0 amide bonds. The molecule has 0 saturated heterocycles. The first-order chi connectivity index (χ1) is 30.5. The topological polar surface area (TPSA) is 132 Å². The second-order valence-electron chi connectivity index (χ2n) is 22.6. The van der Waals surface area contributed by atoms with E-state index in [2.05, 4.69) is 6.92 Å². The molecule has 9 unspecified atom stereocenters. The van der Waals surface area contributed by atoms with Crippen LogP contribution in [0.1, 0.15) is 210 Å². The van der Waals surface area contributed by atoms with Gasteiger partial charge >= 0.3 is 29.8 Å². The van der Waals surface area contributed by atoms with E-state index in [1.54, 1.807) is 0 Å². The molecule has 0 aromatic heterocycles. The highest BCUT2D eigenvalue weighted by atomic mass is 16.6. The molecule has 0 heterocycles. The van der Waals surface area contributed by atoms with Gasteiger partial charge in [-0.25, -0.2) is 0 Å². The molecule has 0 N–H and O–H groups in total. The van der Waals surface area contributed by atoms with Crippen molar-refractivity contribution in [3.05, 3.63) is 0 Å². The number of carbonyl (C=O) groups is 5. The molecule has 9 rings (SSSR count). The summed E-state index contributed by atoms with van der Waals surface area (Å²) < 4.78 is 27.3. The SMILES string of the molecule is CCC(C)(C)C(=O)OCCOC(=O)C1CC2CCC1C2.CCC(C)C(=O)OC12CC3CC(CC(C3)C1)C2.CCC(C)C(=O)OC1CC2CCC1C2.CCC(C)C(=O)OC1CCCCC1. The molecule has 0 radical (unpaired) electrons. The van der Waals surface area contributed by atoms with E-state index < -0.39 is 5.41 Å². The second-order valence-corrected chi connectivity index (χ2v) is 22.6. The molecule has 9 saturated carbocycles. The molecular formula is C54H90O10. The Hall–Kier alpha value is -2.65. The maximum atomic E-state index is 12.0. The lowest BCUT2D eigenvalue weighted by Crippen LogP contribution is -2.53. The molecule has 0 spiro atoms. The van der Waals surface area contributed by atoms with Crippen LogP contribution in [0.15, 0.2) is 0 Å². The monoisotopic (exact) mass is 899 g/mol. The predicted octanol–water partition coefficient (Wildman–Crippen LogP) is 12.2. The quantitative estimate of drug-likeness (QED) is 0.0889. The van der Waals surface area contributed by atoms with E-state index in [1.165, 1.54) is 77.0 Å². The van der Waals surface area contributed by atoms with Crippen molar-refractivity contribution in [1.82, 2.24) is 0 Å². The Bertz CT molecular complexity index is 1480. The fourth-order valence-electron chi connectivity index (χ4n) is 12.3. The number of ether oxygens (including phenoxy) is 5. The highest BCUT2D eigenvalue weighted by Gasteiger charge is 2.53. The average molecular weight is 899 g/mol. The van der Waals surface area contributed by atoms with Crippen LogP contribution < -0.4 is 0 Å². The molecule has 0 aliphatic heterocycles. The summed E-state index contributed by atoms with van der Waals surface area (Å²) in [4.78, 5) is 58.7. The van der Waals surface area contributed by atoms with Gasteiger partial charge in [0.15, 0.2) is 0 Å². The third-order valence-corrected chi connectivity index (χ3v) is 17.2. The molecule has 366 valence electrons. The van der Waals surface area contributed by atoms with Gasteiger partial charge in [0.2, 0.25) is 0 Å². The van der Waals surface area contributed by atoms with E-state index in [1.807, 2.05) is 55.4 Å². The number of hydrogen-bond acceptors (Lipinski definition) is 10. The van der Waals surface area contributed by atoms with Gasteiger partial charge in [-0.15, -0.1) is 0 Å². The Morgan fingerprint density at radius 3 is 1.52 bits per heavy atom. The molecule has 0 aromatic rings. The van der Waals surface area contributed by atoms with Gasteiger partial charge in [-0.3, -0.25) is 24.0 Å². The van der Waals surface area contributed by atoms with Crippen molar-refractivity contribution in [2.45, 2.75) is 228 Å². The summed E-state index contributed by atoms with van der Waals surface area (Å²) in [5.41, 5.74) is -0.510. The van der Waals surface area contributed by atoms with Crippen molar-refractivity contribution in [1.29, 1.82) is 0 Å². The molecule has 10 nitrogen and oxygen atoms in total. The summed E-state index contributed by atoms with van der Waals surface area (Å²) >= 11 is 0. The van der Waals surface area contributed by atoms with E-state index >= 15 is 0 Å². The van der Waals surface area contributed by atoms with Gasteiger partial charge < -0.3 is 23.7 Å². The first-order valence-corrected chi connectivity index (χ1v) is 26.5. The van der Waals surface area contributed by atoms with Crippen molar-refractivity contribution in [3.8, 4) is 0 Å². The third-order valence-electron chi connectivity index (χ3n) is 17.2. The van der Waals surface area contributed by atoms with Gasteiger partial charge in [0.05, 0.1) is 29.1 Å². The molecule has 0 aromatic carbocycles. The average Bonchev–Trinajstić information content (AvgIpc) is 4.12. The van der Waals surface area contributed by atoms with Gasteiger partial charge in [-0.2, -0.15) is 0 Å². The molecule has 9 aliphatic carbocycles. The van der Waals surface area contributed by atoms with Gasteiger partial charge in [-0.05, 0) is 190 Å². The van der Waals surface area contributed by atoms with E-state index in [0.717, 1.165) is 100 Å². The molecule has 64 heavy (non-hydrogen) atoms. The van der Waals surface area contributed by atoms with E-state index in [4.69, 9.17) is 23.7 Å². The summed E-state index contributed by atoms with van der Waals surface area (Å²) in [5.74, 6) is 5.43. The van der Waals surface area contributed by atoms with E-state index in [9.17, 15) is 24.0 Å². The number of carbonyl (C=O) groups excluding carboxylic acids is 5. The van der Waals surface area contributed by atoms with Gasteiger partial charge in [0, 0.05) is 0 Å². The predicted molar refractivity (Wildman–Crippen MR) is 249 cm³/mol. The molecular weight excluding hydrogens is 809 g/mol. The maximum Gasteiger partial charge on any atom is 0.311 e. The Morgan fingerprint density at radius 2 is 1.05 bits per heavy atom. The zero-order valence-corrected chi connectivity index (χ0v) is 41.8. The summed E-state index contributed by atoms with van der Waals surface area (Å²) in [6.45, 7) is 18.0. The maximum absolute atomic E-state index is 12.0. The van der Waals surface area contributed by atoms with Gasteiger partial charge in [0.1, 0.15) is 31.0 Å². The van der Waals surface area contributed by atoms with Crippen LogP contribution in [-0.2, 0) is 47.7 Å². The summed E-state index contributed by atoms with van der Waals surface area (Å²) in [7, 11) is 0. The van der Waals surface area contributed by atoms with Crippen LogP contribution in [0.2, 0.25) is 0 Å². The summed E-state index contributed by atoms with van der Waals surface area (Å²) in [6.07, 6.45) is 27.1. The Balaban J connectivity index is 0.000000163. The Labute approximate surface area is 387 Å². The number of esters is 5. The van der Waals surface area contributed by atoms with Crippen molar-refractivity contribution in [3.63, 3.8) is 0 Å². The first kappa shape index (κ1) is 52.3. The normalized spacial score (nSPS) is 33.2. The van der Waals surface area contributed by atoms with Crippen molar-refractivity contribution in [2.24, 2.45) is 70.5 Å². The molecule has 10 heteroatoms. The number of rotatable bonds is 15. The van der Waals surface area contributed by atoms with Crippen LogP contribution in [0.4, 0.5) is 0 Å². The van der Waals surface area contributed by atoms with Crippen LogP contribution in [0.25, 0.3) is 0 Å². The lowest BCUT2D eigenvalue weighted by atomic mass is 9.54. The van der Waals surface area contributed by atoms with E-state index in [0.29, 0.717) is 11.8 Å². The minimum absolute atomic E-state index is 0.00519. The van der Waals surface area contributed by atoms with Crippen LogP contribution in [-0.4, -0.2) is 60.9 Å². The zero-order chi connectivity index (χ0) is 46.6. The second kappa shape index (κ2) is 24.4. The fraction of sp³-hybridized carbons (Fsp3) is 0.907. The highest BCUT2D eigenvalue weighted by molar-refractivity contribution is 5.76. The smallest absolute Gasteiger partial charge is 0.311 e. The van der Waals surface area contributed by atoms with Gasteiger partial charge in [0.25, 0.3) is 0 Å². The highest BCUT2D eigenvalue weighted by Crippen LogP contribution is 2.57. The fourth-order valence-corrected chi connectivity index (χ4v) is 12.3.